The molecular formula is HCeO2Si. The molecule has 0 N–H and O–H groups in total. The van der Waals surface area contributed by atoms with Crippen molar-refractivity contribution in [2.24, 2.45) is 0 Å². The zero-order valence-corrected chi connectivity index (χ0v) is 6.19. The van der Waals surface area contributed by atoms with Gasteiger partial charge in [-0.05, 0) is 0 Å². The molecule has 0 aromatic carbocycles. The Morgan fingerprint density at radius 2 is 2.00 bits per heavy atom. The third-order valence-electron chi connectivity index (χ3n) is 0.0481. The molecule has 0 aliphatic rings. The fourth-order valence-corrected chi connectivity index (χ4v) is 0. The van der Waals surface area contributed by atoms with E-state index in [1.807, 2.05) is 0 Å². The summed E-state index contributed by atoms with van der Waals surface area (Å²) in [6.45, 7) is 0. The maximum absolute atomic E-state index is 9.22. The van der Waals surface area contributed by atoms with E-state index in [0.29, 0.717) is 0 Å². The van der Waals surface area contributed by atoms with Gasteiger partial charge in [0.15, 0.2) is 0 Å². The molecule has 0 aliphatic carbocycles. The first-order chi connectivity index (χ1) is 1.91. The first-order valence-electron chi connectivity index (χ1n) is 0.729. The third-order valence-corrected chi connectivity index (χ3v) is 1.05. The van der Waals surface area contributed by atoms with Crippen LogP contribution in [-0.4, -0.2) is 3.83 Å². The van der Waals surface area contributed by atoms with Crippen molar-refractivity contribution in [2.45, 2.75) is 0 Å². The molecule has 0 saturated carbocycles. The molecule has 2 nitrogen and oxygen atoms in total. The summed E-state index contributed by atoms with van der Waals surface area (Å²) in [6, 6.07) is 0. The van der Waals surface area contributed by atoms with E-state index in [1.54, 1.807) is 0 Å². The van der Waals surface area contributed by atoms with Gasteiger partial charge in [0.2, 0.25) is 0 Å². The molecule has 4 heteroatoms. The van der Waals surface area contributed by atoms with Crippen LogP contribution < -0.4 is 0 Å². The van der Waals surface area contributed by atoms with Crippen LogP contribution in [0.15, 0.2) is 0 Å². The molecule has 0 aromatic rings. The van der Waals surface area contributed by atoms with Crippen molar-refractivity contribution in [2.75, 3.05) is 0 Å². The van der Waals surface area contributed by atoms with E-state index >= 15 is 0 Å². The topological polar surface area (TPSA) is 34.1 Å². The molecule has 0 atom stereocenters. The van der Waals surface area contributed by atoms with Crippen LogP contribution in [0.25, 0.3) is 0 Å². The molecule has 0 bridgehead atoms. The molecule has 21 valence electrons. The predicted molar refractivity (Wildman–Crippen MR) is 8.52 cm³/mol. The average molecular weight is 201 g/mol. The normalized spacial score (nSPS) is 4.00. The molecule has 0 saturated heterocycles. The van der Waals surface area contributed by atoms with E-state index in [4.69, 9.17) is 4.46 Å². The van der Waals surface area contributed by atoms with Gasteiger partial charge >= 0.3 is 45.8 Å². The molecule has 0 heterocycles. The van der Waals surface area contributed by atoms with Crippen molar-refractivity contribution in [1.82, 2.24) is 0 Å². The summed E-state index contributed by atoms with van der Waals surface area (Å²) in [6.07, 6.45) is 0. The van der Waals surface area contributed by atoms with Crippen LogP contribution in [0, 0.1) is 36.6 Å². The summed E-state index contributed by atoms with van der Waals surface area (Å²) in [7, 11) is 0. The second kappa shape index (κ2) is 4.19. The van der Waals surface area contributed by atoms with Crippen LogP contribution in [0.5, 0.6) is 0 Å². The first kappa shape index (κ1) is 5.19. The summed E-state index contributed by atoms with van der Waals surface area (Å²) in [5.74, 6) is 0. The minimum absolute atomic E-state index is 0.829. The second-order valence-electron chi connectivity index (χ2n) is 0.236. The van der Waals surface area contributed by atoms with Gasteiger partial charge in [-0.1, -0.05) is 0 Å². The van der Waals surface area contributed by atoms with Crippen molar-refractivity contribution < 1.29 is 42.0 Å². The average Bonchev–Trinajstić information content (AvgIpc) is 1.37. The summed E-state index contributed by atoms with van der Waals surface area (Å²) in [5.41, 5.74) is 0. The zero-order valence-electron chi connectivity index (χ0n) is 1.89. The van der Waals surface area contributed by atoms with Crippen LogP contribution in [0.1, 0.15) is 0 Å². The molecule has 0 rings (SSSR count). The summed E-state index contributed by atoms with van der Waals surface area (Å²) >= 11 is -1.66. The molecule has 0 radical (unpaired) electrons. The standard InChI is InChI=1S/Ce.HOSi.O/c;1-2;/h;2H;. The fraction of sp³-hybridized carbons (Fsp3) is 0. The fourth-order valence-electron chi connectivity index (χ4n) is 0. The van der Waals surface area contributed by atoms with Crippen molar-refractivity contribution in [3.63, 3.8) is 0 Å². The van der Waals surface area contributed by atoms with Gasteiger partial charge in [-0.15, -0.1) is 0 Å². The van der Waals surface area contributed by atoms with Crippen LogP contribution in [0.2, 0.25) is 0 Å². The number of rotatable bonds is 1. The molecule has 0 spiro atoms. The van der Waals surface area contributed by atoms with Crippen LogP contribution in [0.3, 0.4) is 0 Å². The van der Waals surface area contributed by atoms with Gasteiger partial charge in [-0.2, -0.15) is 0 Å². The molecule has 0 aromatic heterocycles. The maximum atomic E-state index is 9.22. The van der Waals surface area contributed by atoms with E-state index in [-0.39, 0.29) is 0 Å². The Labute approximate surface area is 45.1 Å². The summed E-state index contributed by atoms with van der Waals surface area (Å²) in [5, 5.41) is 0. The first-order valence-corrected chi connectivity index (χ1v) is 8.50. The van der Waals surface area contributed by atoms with Crippen molar-refractivity contribution in [3.05, 3.63) is 0 Å². The van der Waals surface area contributed by atoms with Gasteiger partial charge in [-0.25, -0.2) is 0 Å². The van der Waals surface area contributed by atoms with Crippen molar-refractivity contribution in [1.29, 1.82) is 0 Å². The SMILES string of the molecule is O=[SiH][Ce]=[O]. The van der Waals surface area contributed by atoms with Crippen molar-refractivity contribution in [3.8, 4) is 0 Å². The van der Waals surface area contributed by atoms with E-state index in [2.05, 4.69) is 0 Å². The van der Waals surface area contributed by atoms with Gasteiger partial charge in [0.25, 0.3) is 0 Å². The Hall–Kier alpha value is 1.19. The van der Waals surface area contributed by atoms with Gasteiger partial charge in [0.05, 0.1) is 0 Å². The Kier molecular flexibility index (Phi) is 5.44. The second-order valence-corrected chi connectivity index (χ2v) is 5.15. The van der Waals surface area contributed by atoms with E-state index in [0.717, 1.165) is 0 Å². The number of hydrogen-bond acceptors (Lipinski definition) is 2. The molecule has 0 aliphatic heterocycles. The Bertz CT molecular complexity index is 27.0. The van der Waals surface area contributed by atoms with E-state index < -0.39 is 40.4 Å². The van der Waals surface area contributed by atoms with Gasteiger partial charge in [0, 0.05) is 0 Å². The van der Waals surface area contributed by atoms with Crippen LogP contribution in [-0.2, 0) is 5.40 Å². The minimum atomic E-state index is -1.66. The van der Waals surface area contributed by atoms with Crippen molar-refractivity contribution >= 4 is 3.83 Å². The van der Waals surface area contributed by atoms with Crippen LogP contribution in [0.4, 0.5) is 0 Å². The van der Waals surface area contributed by atoms with E-state index in [1.165, 1.54) is 0 Å². The monoisotopic (exact) mass is 201 g/mol. The Morgan fingerprint density at radius 3 is 2.00 bits per heavy atom. The molecule has 0 unspecified atom stereocenters. The zero-order chi connectivity index (χ0) is 3.41. The predicted octanol–water partition coefficient (Wildman–Crippen LogP) is -0.886. The van der Waals surface area contributed by atoms with E-state index in [9.17, 15) is 0.938 Å². The van der Waals surface area contributed by atoms with Gasteiger partial charge < -0.3 is 0 Å². The molecular weight excluding hydrogens is 200 g/mol. The van der Waals surface area contributed by atoms with Gasteiger partial charge in [0.1, 0.15) is 0 Å². The Balaban J connectivity index is 2.73. The molecule has 0 fully saturated rings. The summed E-state index contributed by atoms with van der Waals surface area (Å²) in [4.78, 5) is 0. The quantitative estimate of drug-likeness (QED) is 0.516. The number of hydrogen-bond donors (Lipinski definition) is 0. The van der Waals surface area contributed by atoms with Gasteiger partial charge in [-0.3, -0.25) is 0 Å². The molecule has 4 heavy (non-hydrogen) atoms. The Morgan fingerprint density at radius 1 is 1.75 bits per heavy atom. The third kappa shape index (κ3) is 3.19. The summed E-state index contributed by atoms with van der Waals surface area (Å²) < 4.78 is 17.5. The van der Waals surface area contributed by atoms with Crippen LogP contribution >= 0.6 is 0 Å². The molecule has 0 amide bonds.